The van der Waals surface area contributed by atoms with Gasteiger partial charge in [0.1, 0.15) is 11.5 Å². The van der Waals surface area contributed by atoms with Gasteiger partial charge in [0.05, 0.1) is 20.3 Å². The van der Waals surface area contributed by atoms with Gasteiger partial charge in [-0.3, -0.25) is 0 Å². The van der Waals surface area contributed by atoms with Crippen LogP contribution in [0.4, 0.5) is 0 Å². The first kappa shape index (κ1) is 17.8. The predicted molar refractivity (Wildman–Crippen MR) is 94.5 cm³/mol. The van der Waals surface area contributed by atoms with Crippen molar-refractivity contribution in [2.24, 2.45) is 0 Å². The highest BCUT2D eigenvalue weighted by molar-refractivity contribution is 7.10. The Morgan fingerprint density at radius 2 is 1.96 bits per heavy atom. The van der Waals surface area contributed by atoms with Gasteiger partial charge in [-0.1, -0.05) is 6.07 Å². The minimum absolute atomic E-state index is 0.0885. The van der Waals surface area contributed by atoms with Crippen molar-refractivity contribution in [3.05, 3.63) is 46.2 Å². The van der Waals surface area contributed by atoms with E-state index in [9.17, 15) is 5.11 Å². The first-order valence-corrected chi connectivity index (χ1v) is 8.62. The number of hydrogen-bond acceptors (Lipinski definition) is 5. The van der Waals surface area contributed by atoms with Crippen LogP contribution >= 0.6 is 11.3 Å². The summed E-state index contributed by atoms with van der Waals surface area (Å²) in [6.45, 7) is 4.17. The van der Waals surface area contributed by atoms with Crippen LogP contribution in [0, 0.1) is 0 Å². The molecule has 0 bridgehead atoms. The molecular weight excluding hydrogens is 310 g/mol. The van der Waals surface area contributed by atoms with Crippen LogP contribution in [0.2, 0.25) is 0 Å². The molecule has 1 heterocycles. The van der Waals surface area contributed by atoms with Gasteiger partial charge in [0.2, 0.25) is 0 Å². The highest BCUT2D eigenvalue weighted by atomic mass is 32.1. The van der Waals surface area contributed by atoms with E-state index in [0.717, 1.165) is 21.9 Å². The van der Waals surface area contributed by atoms with Crippen molar-refractivity contribution in [1.29, 1.82) is 0 Å². The lowest BCUT2D eigenvalue weighted by Gasteiger charge is -2.24. The van der Waals surface area contributed by atoms with E-state index in [0.29, 0.717) is 6.42 Å². The Labute approximate surface area is 142 Å². The SMILES string of the molecule is COc1ccc(OC)c(C(C)NC(C)CC(O)c2cccs2)c1. The fourth-order valence-electron chi connectivity index (χ4n) is 2.69. The molecule has 0 aliphatic carbocycles. The number of nitrogens with one attached hydrogen (secondary N) is 1. The van der Waals surface area contributed by atoms with Crippen LogP contribution in [-0.2, 0) is 0 Å². The molecule has 2 aromatic rings. The molecule has 0 saturated carbocycles. The van der Waals surface area contributed by atoms with Gasteiger partial charge in [-0.15, -0.1) is 11.3 Å². The topological polar surface area (TPSA) is 50.7 Å². The summed E-state index contributed by atoms with van der Waals surface area (Å²) < 4.78 is 10.7. The molecule has 126 valence electrons. The lowest BCUT2D eigenvalue weighted by molar-refractivity contribution is 0.155. The zero-order valence-corrected chi connectivity index (χ0v) is 14.9. The van der Waals surface area contributed by atoms with Gasteiger partial charge in [0, 0.05) is 22.5 Å². The third-order valence-corrected chi connectivity index (χ3v) is 4.86. The maximum Gasteiger partial charge on any atom is 0.123 e. The summed E-state index contributed by atoms with van der Waals surface area (Å²) in [4.78, 5) is 1.00. The molecule has 0 spiro atoms. The predicted octanol–water partition coefficient (Wildman–Crippen LogP) is 3.93. The van der Waals surface area contributed by atoms with Gasteiger partial charge in [-0.25, -0.2) is 0 Å². The van der Waals surface area contributed by atoms with Crippen molar-refractivity contribution in [3.63, 3.8) is 0 Å². The minimum Gasteiger partial charge on any atom is -0.497 e. The molecule has 2 N–H and O–H groups in total. The van der Waals surface area contributed by atoms with Crippen LogP contribution in [0.3, 0.4) is 0 Å². The summed E-state index contributed by atoms with van der Waals surface area (Å²) in [7, 11) is 3.33. The lowest BCUT2D eigenvalue weighted by atomic mass is 10.0. The lowest BCUT2D eigenvalue weighted by Crippen LogP contribution is -2.30. The Morgan fingerprint density at radius 1 is 1.17 bits per heavy atom. The number of benzene rings is 1. The monoisotopic (exact) mass is 335 g/mol. The average Bonchev–Trinajstić information content (AvgIpc) is 3.08. The van der Waals surface area contributed by atoms with Gasteiger partial charge in [0.25, 0.3) is 0 Å². The quantitative estimate of drug-likeness (QED) is 0.767. The smallest absolute Gasteiger partial charge is 0.123 e. The molecule has 23 heavy (non-hydrogen) atoms. The van der Waals surface area contributed by atoms with E-state index in [4.69, 9.17) is 9.47 Å². The summed E-state index contributed by atoms with van der Waals surface area (Å²) in [6, 6.07) is 9.97. The van der Waals surface area contributed by atoms with Crippen LogP contribution in [-0.4, -0.2) is 25.4 Å². The zero-order valence-electron chi connectivity index (χ0n) is 14.1. The molecule has 0 radical (unpaired) electrons. The first-order chi connectivity index (χ1) is 11.0. The second kappa shape index (κ2) is 8.34. The molecule has 0 aliphatic rings. The van der Waals surface area contributed by atoms with Crippen LogP contribution < -0.4 is 14.8 Å². The van der Waals surface area contributed by atoms with Crippen LogP contribution in [0.15, 0.2) is 35.7 Å². The van der Waals surface area contributed by atoms with Gasteiger partial charge in [-0.2, -0.15) is 0 Å². The van der Waals surface area contributed by atoms with E-state index in [1.165, 1.54) is 0 Å². The Kier molecular flexibility index (Phi) is 6.45. The number of aliphatic hydroxyl groups excluding tert-OH is 1. The van der Waals surface area contributed by atoms with Gasteiger partial charge in [0.15, 0.2) is 0 Å². The molecule has 3 unspecified atom stereocenters. The van der Waals surface area contributed by atoms with Crippen molar-refractivity contribution in [2.75, 3.05) is 14.2 Å². The third kappa shape index (κ3) is 4.70. The molecule has 0 saturated heterocycles. The van der Waals surface area contributed by atoms with Crippen molar-refractivity contribution < 1.29 is 14.6 Å². The highest BCUT2D eigenvalue weighted by Crippen LogP contribution is 2.30. The van der Waals surface area contributed by atoms with Crippen LogP contribution in [0.5, 0.6) is 11.5 Å². The number of rotatable bonds is 8. The molecule has 1 aromatic carbocycles. The van der Waals surface area contributed by atoms with Crippen molar-refractivity contribution in [1.82, 2.24) is 5.32 Å². The van der Waals surface area contributed by atoms with Crippen molar-refractivity contribution >= 4 is 11.3 Å². The summed E-state index contributed by atoms with van der Waals surface area (Å²) in [5, 5.41) is 15.8. The molecule has 0 amide bonds. The third-order valence-electron chi connectivity index (χ3n) is 3.89. The molecular formula is C18H25NO3S. The number of aliphatic hydroxyl groups is 1. The number of methoxy groups -OCH3 is 2. The molecule has 4 nitrogen and oxygen atoms in total. The molecule has 0 aliphatic heterocycles. The second-order valence-electron chi connectivity index (χ2n) is 5.66. The standard InChI is InChI=1S/C18H25NO3S/c1-12(10-16(20)18-6-5-9-23-18)19-13(2)15-11-14(21-3)7-8-17(15)22-4/h5-9,11-13,16,19-20H,10H2,1-4H3. The number of hydrogen-bond donors (Lipinski definition) is 2. The van der Waals surface area contributed by atoms with Crippen LogP contribution in [0.1, 0.15) is 42.9 Å². The van der Waals surface area contributed by atoms with Gasteiger partial charge in [-0.05, 0) is 49.9 Å². The highest BCUT2D eigenvalue weighted by Gasteiger charge is 2.18. The van der Waals surface area contributed by atoms with Gasteiger partial charge >= 0.3 is 0 Å². The maximum atomic E-state index is 10.3. The fourth-order valence-corrected chi connectivity index (χ4v) is 3.42. The Bertz CT molecular complexity index is 600. The normalized spacial score (nSPS) is 15.0. The van der Waals surface area contributed by atoms with Crippen LogP contribution in [0.25, 0.3) is 0 Å². The van der Waals surface area contributed by atoms with E-state index in [1.54, 1.807) is 25.6 Å². The van der Waals surface area contributed by atoms with Gasteiger partial charge < -0.3 is 19.9 Å². The van der Waals surface area contributed by atoms with E-state index in [1.807, 2.05) is 35.7 Å². The van der Waals surface area contributed by atoms with E-state index >= 15 is 0 Å². The number of ether oxygens (including phenoxy) is 2. The summed E-state index contributed by atoms with van der Waals surface area (Å²) in [5.74, 6) is 1.64. The van der Waals surface area contributed by atoms with Crippen molar-refractivity contribution in [3.8, 4) is 11.5 Å². The summed E-state index contributed by atoms with van der Waals surface area (Å²) in [6.07, 6.45) is 0.230. The molecule has 3 atom stereocenters. The Balaban J connectivity index is 2.01. The molecule has 2 rings (SSSR count). The van der Waals surface area contributed by atoms with E-state index in [-0.39, 0.29) is 12.1 Å². The first-order valence-electron chi connectivity index (χ1n) is 7.74. The largest absolute Gasteiger partial charge is 0.497 e. The van der Waals surface area contributed by atoms with E-state index < -0.39 is 6.10 Å². The molecule has 0 fully saturated rings. The second-order valence-corrected chi connectivity index (χ2v) is 6.64. The summed E-state index contributed by atoms with van der Waals surface area (Å²) >= 11 is 1.58. The number of thiophene rings is 1. The van der Waals surface area contributed by atoms with E-state index in [2.05, 4.69) is 19.2 Å². The zero-order chi connectivity index (χ0) is 16.8. The van der Waals surface area contributed by atoms with Crippen molar-refractivity contribution in [2.45, 2.75) is 38.5 Å². The maximum absolute atomic E-state index is 10.3. The Hall–Kier alpha value is -1.56. The average molecular weight is 335 g/mol. The summed E-state index contributed by atoms with van der Waals surface area (Å²) in [5.41, 5.74) is 1.05. The fraction of sp³-hybridized carbons (Fsp3) is 0.444. The Morgan fingerprint density at radius 3 is 2.57 bits per heavy atom. The minimum atomic E-state index is -0.433. The molecule has 1 aromatic heterocycles. The molecule has 5 heteroatoms.